The number of fused-ring (bicyclic) bond motifs is 1. The Hall–Kier alpha value is -1.10. The van der Waals surface area contributed by atoms with Gasteiger partial charge >= 0.3 is 0 Å². The second kappa shape index (κ2) is 5.27. The van der Waals surface area contributed by atoms with Gasteiger partial charge in [0, 0.05) is 18.7 Å². The molecule has 2 aliphatic heterocycles. The summed E-state index contributed by atoms with van der Waals surface area (Å²) in [5.41, 5.74) is 2.78. The fourth-order valence-electron chi connectivity index (χ4n) is 3.78. The van der Waals surface area contributed by atoms with Crippen LogP contribution in [0.15, 0.2) is 12.1 Å². The minimum Gasteiger partial charge on any atom is -0.486 e. The molecule has 2 heterocycles. The number of nitrogens with zero attached hydrogens (tertiary/aromatic N) is 1. The van der Waals surface area contributed by atoms with E-state index < -0.39 is 11.7 Å². The highest BCUT2D eigenvalue weighted by Gasteiger charge is 2.47. The van der Waals surface area contributed by atoms with E-state index in [1.54, 1.807) is 0 Å². The van der Waals surface area contributed by atoms with Crippen molar-refractivity contribution in [3.63, 3.8) is 0 Å². The van der Waals surface area contributed by atoms with Crippen LogP contribution >= 0.6 is 0 Å². The molecule has 1 saturated heterocycles. The number of hydrogen-bond acceptors (Lipinski definition) is 4. The lowest BCUT2D eigenvalue weighted by molar-refractivity contribution is -0.107. The lowest BCUT2D eigenvalue weighted by Crippen LogP contribution is -2.60. The van der Waals surface area contributed by atoms with Crippen LogP contribution < -0.4 is 4.74 Å². The maximum absolute atomic E-state index is 11.0. The van der Waals surface area contributed by atoms with E-state index in [9.17, 15) is 5.11 Å². The van der Waals surface area contributed by atoms with Gasteiger partial charge in [0.05, 0.1) is 19.3 Å². The molecule has 0 aromatic heterocycles. The molecule has 0 bridgehead atoms. The molecule has 3 rings (SSSR count). The third-order valence-electron chi connectivity index (χ3n) is 4.61. The maximum atomic E-state index is 11.0. The van der Waals surface area contributed by atoms with Crippen LogP contribution in [0.4, 0.5) is 0 Å². The molecule has 0 saturated carbocycles. The van der Waals surface area contributed by atoms with Crippen LogP contribution in [0.5, 0.6) is 5.75 Å². The fraction of sp³-hybridized carbons (Fsp3) is 0.647. The summed E-state index contributed by atoms with van der Waals surface area (Å²) in [5.74, 6) is 0.828. The van der Waals surface area contributed by atoms with Crippen LogP contribution in [-0.2, 0) is 4.74 Å². The summed E-state index contributed by atoms with van der Waals surface area (Å²) in [6.45, 7) is 11.4. The zero-order valence-electron chi connectivity index (χ0n) is 13.3. The highest BCUT2D eigenvalue weighted by Crippen LogP contribution is 2.44. The summed E-state index contributed by atoms with van der Waals surface area (Å²) in [4.78, 5) is 2.30. The molecule has 0 amide bonds. The predicted octanol–water partition coefficient (Wildman–Crippen LogP) is 2.21. The van der Waals surface area contributed by atoms with Crippen LogP contribution in [0.2, 0.25) is 0 Å². The number of aliphatic hydroxyl groups excluding tert-OH is 1. The van der Waals surface area contributed by atoms with E-state index in [1.165, 1.54) is 5.56 Å². The normalized spacial score (nSPS) is 28.8. The van der Waals surface area contributed by atoms with Gasteiger partial charge in [-0.25, -0.2) is 0 Å². The standard InChI is InChI=1S/C17H25NO3/c1-11-9-12(2)14-13(10-11)21-17(3,4)16(15(14)19)18-5-7-20-8-6-18/h9-10,15-16,19H,5-8H2,1-4H3. The van der Waals surface area contributed by atoms with Gasteiger partial charge in [-0.1, -0.05) is 6.07 Å². The van der Waals surface area contributed by atoms with Crippen LogP contribution in [0.1, 0.15) is 36.6 Å². The number of morpholine rings is 1. The number of ether oxygens (including phenoxy) is 2. The third-order valence-corrected chi connectivity index (χ3v) is 4.61. The van der Waals surface area contributed by atoms with Crippen molar-refractivity contribution >= 4 is 0 Å². The van der Waals surface area contributed by atoms with Gasteiger partial charge in [0.2, 0.25) is 0 Å². The molecule has 21 heavy (non-hydrogen) atoms. The molecule has 2 atom stereocenters. The van der Waals surface area contributed by atoms with Gasteiger partial charge < -0.3 is 14.6 Å². The molecule has 1 N–H and O–H groups in total. The van der Waals surface area contributed by atoms with Crippen LogP contribution in [0.25, 0.3) is 0 Å². The van der Waals surface area contributed by atoms with Gasteiger partial charge in [-0.15, -0.1) is 0 Å². The molecule has 4 heteroatoms. The molecule has 1 aromatic rings. The van der Waals surface area contributed by atoms with Crippen molar-refractivity contribution in [3.05, 3.63) is 28.8 Å². The Morgan fingerprint density at radius 3 is 2.52 bits per heavy atom. The van der Waals surface area contributed by atoms with Crippen molar-refractivity contribution in [2.45, 2.75) is 45.4 Å². The number of rotatable bonds is 1. The lowest BCUT2D eigenvalue weighted by Gasteiger charge is -2.49. The van der Waals surface area contributed by atoms with E-state index in [0.29, 0.717) is 0 Å². The molecule has 1 fully saturated rings. The first-order chi connectivity index (χ1) is 9.90. The smallest absolute Gasteiger partial charge is 0.126 e. The quantitative estimate of drug-likeness (QED) is 0.861. The van der Waals surface area contributed by atoms with Crippen molar-refractivity contribution in [1.82, 2.24) is 4.90 Å². The van der Waals surface area contributed by atoms with Gasteiger partial charge in [-0.05, 0) is 44.9 Å². The van der Waals surface area contributed by atoms with Crippen LogP contribution in [0, 0.1) is 13.8 Å². The maximum Gasteiger partial charge on any atom is 0.126 e. The monoisotopic (exact) mass is 291 g/mol. The summed E-state index contributed by atoms with van der Waals surface area (Å²) >= 11 is 0. The highest BCUT2D eigenvalue weighted by atomic mass is 16.5. The number of aliphatic hydroxyl groups is 1. The SMILES string of the molecule is Cc1cc(C)c2c(c1)OC(C)(C)C(N1CCOCC1)C2O. The fourth-order valence-corrected chi connectivity index (χ4v) is 3.78. The van der Waals surface area contributed by atoms with Gasteiger partial charge in [0.15, 0.2) is 0 Å². The van der Waals surface area contributed by atoms with Gasteiger partial charge in [-0.3, -0.25) is 4.90 Å². The molecule has 2 aliphatic rings. The van der Waals surface area contributed by atoms with E-state index in [4.69, 9.17) is 9.47 Å². The van der Waals surface area contributed by atoms with E-state index in [2.05, 4.69) is 31.7 Å². The summed E-state index contributed by atoms with van der Waals surface area (Å²) in [6.07, 6.45) is -0.526. The molecular weight excluding hydrogens is 266 g/mol. The average Bonchev–Trinajstić information content (AvgIpc) is 2.37. The number of aryl methyl sites for hydroxylation is 2. The Kier molecular flexibility index (Phi) is 3.72. The molecule has 0 radical (unpaired) electrons. The van der Waals surface area contributed by atoms with Crippen molar-refractivity contribution < 1.29 is 14.6 Å². The second-order valence-corrected chi connectivity index (χ2v) is 6.74. The number of benzene rings is 1. The summed E-state index contributed by atoms with van der Waals surface area (Å²) in [6, 6.07) is 4.10. The predicted molar refractivity (Wildman–Crippen MR) is 81.8 cm³/mol. The molecule has 0 spiro atoms. The van der Waals surface area contributed by atoms with Crippen molar-refractivity contribution in [2.24, 2.45) is 0 Å². The molecule has 116 valence electrons. The Labute approximate surface area is 126 Å². The van der Waals surface area contributed by atoms with Gasteiger partial charge in [0.1, 0.15) is 17.5 Å². The molecule has 2 unspecified atom stereocenters. The second-order valence-electron chi connectivity index (χ2n) is 6.74. The molecule has 4 nitrogen and oxygen atoms in total. The summed E-state index contributed by atoms with van der Waals surface area (Å²) < 4.78 is 11.7. The third kappa shape index (κ3) is 2.56. The zero-order valence-corrected chi connectivity index (χ0v) is 13.3. The number of hydrogen-bond donors (Lipinski definition) is 1. The average molecular weight is 291 g/mol. The minimum atomic E-state index is -0.526. The van der Waals surface area contributed by atoms with Crippen LogP contribution in [-0.4, -0.2) is 48.0 Å². The van der Waals surface area contributed by atoms with E-state index >= 15 is 0 Å². The largest absolute Gasteiger partial charge is 0.486 e. The van der Waals surface area contributed by atoms with E-state index in [1.807, 2.05) is 13.0 Å². The lowest BCUT2D eigenvalue weighted by atomic mass is 9.82. The Balaban J connectivity index is 2.02. The van der Waals surface area contributed by atoms with Crippen LogP contribution in [0.3, 0.4) is 0 Å². The Bertz CT molecular complexity index is 535. The summed E-state index contributed by atoms with van der Waals surface area (Å²) in [5, 5.41) is 11.0. The first-order valence-corrected chi connectivity index (χ1v) is 7.70. The topological polar surface area (TPSA) is 41.9 Å². The van der Waals surface area contributed by atoms with Gasteiger partial charge in [-0.2, -0.15) is 0 Å². The van der Waals surface area contributed by atoms with Crippen molar-refractivity contribution in [1.29, 1.82) is 0 Å². The molecule has 1 aromatic carbocycles. The highest BCUT2D eigenvalue weighted by molar-refractivity contribution is 5.47. The molecule has 0 aliphatic carbocycles. The molecular formula is C17H25NO3. The Morgan fingerprint density at radius 1 is 1.19 bits per heavy atom. The minimum absolute atomic E-state index is 0.0460. The first-order valence-electron chi connectivity index (χ1n) is 7.70. The van der Waals surface area contributed by atoms with E-state index in [0.717, 1.165) is 43.2 Å². The first kappa shape index (κ1) is 14.8. The zero-order chi connectivity index (χ0) is 15.2. The van der Waals surface area contributed by atoms with Crippen molar-refractivity contribution in [3.8, 4) is 5.75 Å². The summed E-state index contributed by atoms with van der Waals surface area (Å²) in [7, 11) is 0. The van der Waals surface area contributed by atoms with Gasteiger partial charge in [0.25, 0.3) is 0 Å². The van der Waals surface area contributed by atoms with Crippen molar-refractivity contribution in [2.75, 3.05) is 26.3 Å². The Morgan fingerprint density at radius 2 is 1.86 bits per heavy atom. The van der Waals surface area contributed by atoms with E-state index in [-0.39, 0.29) is 6.04 Å².